The van der Waals surface area contributed by atoms with Crippen molar-refractivity contribution >= 4 is 0 Å². The lowest BCUT2D eigenvalue weighted by Crippen LogP contribution is -2.25. The first-order valence-corrected chi connectivity index (χ1v) is 7.92. The topological polar surface area (TPSA) is 29.3 Å². The SMILES string of the molecule is CCCC1CCCN(Cc2cc(CN)ccc2F)CC1. The molecule has 0 spiro atoms. The third-order valence-corrected chi connectivity index (χ3v) is 4.38. The summed E-state index contributed by atoms with van der Waals surface area (Å²) < 4.78 is 13.9. The Morgan fingerprint density at radius 3 is 2.90 bits per heavy atom. The average Bonchev–Trinajstić information content (AvgIpc) is 2.67. The fraction of sp³-hybridized carbons (Fsp3) is 0.647. The van der Waals surface area contributed by atoms with Gasteiger partial charge in [0.15, 0.2) is 0 Å². The molecule has 0 amide bonds. The normalized spacial score (nSPS) is 20.9. The highest BCUT2D eigenvalue weighted by atomic mass is 19.1. The van der Waals surface area contributed by atoms with Crippen molar-refractivity contribution < 1.29 is 4.39 Å². The van der Waals surface area contributed by atoms with Crippen molar-refractivity contribution in [1.82, 2.24) is 4.90 Å². The highest BCUT2D eigenvalue weighted by molar-refractivity contribution is 5.25. The molecule has 2 nitrogen and oxygen atoms in total. The van der Waals surface area contributed by atoms with Crippen molar-refractivity contribution in [2.75, 3.05) is 13.1 Å². The van der Waals surface area contributed by atoms with Crippen LogP contribution in [0.5, 0.6) is 0 Å². The van der Waals surface area contributed by atoms with Gasteiger partial charge in [0.1, 0.15) is 5.82 Å². The van der Waals surface area contributed by atoms with Gasteiger partial charge in [0, 0.05) is 18.7 Å². The Hall–Kier alpha value is -0.930. The molecule has 20 heavy (non-hydrogen) atoms. The number of likely N-dealkylation sites (tertiary alicyclic amines) is 1. The molecule has 1 saturated heterocycles. The number of nitrogens with two attached hydrogens (primary N) is 1. The maximum atomic E-state index is 13.9. The molecule has 1 heterocycles. The maximum absolute atomic E-state index is 13.9. The minimum absolute atomic E-state index is 0.100. The summed E-state index contributed by atoms with van der Waals surface area (Å²) in [5, 5.41) is 0. The summed E-state index contributed by atoms with van der Waals surface area (Å²) in [5.74, 6) is 0.766. The van der Waals surface area contributed by atoms with Crippen LogP contribution in [0.15, 0.2) is 18.2 Å². The Morgan fingerprint density at radius 1 is 1.30 bits per heavy atom. The number of halogens is 1. The van der Waals surface area contributed by atoms with Crippen LogP contribution < -0.4 is 5.73 Å². The Morgan fingerprint density at radius 2 is 2.15 bits per heavy atom. The molecule has 0 radical (unpaired) electrons. The van der Waals surface area contributed by atoms with Crippen LogP contribution in [0.1, 0.15) is 50.2 Å². The molecular weight excluding hydrogens is 251 g/mol. The molecule has 112 valence electrons. The lowest BCUT2D eigenvalue weighted by atomic mass is 9.96. The van der Waals surface area contributed by atoms with E-state index in [1.165, 1.54) is 32.1 Å². The van der Waals surface area contributed by atoms with Gasteiger partial charge in [0.05, 0.1) is 0 Å². The van der Waals surface area contributed by atoms with Crippen molar-refractivity contribution in [3.8, 4) is 0 Å². The number of nitrogens with zero attached hydrogens (tertiary/aromatic N) is 1. The largest absolute Gasteiger partial charge is 0.326 e. The van der Waals surface area contributed by atoms with Gasteiger partial charge < -0.3 is 5.73 Å². The predicted molar refractivity (Wildman–Crippen MR) is 81.8 cm³/mol. The smallest absolute Gasteiger partial charge is 0.127 e. The first-order valence-electron chi connectivity index (χ1n) is 7.92. The molecule has 1 aliphatic heterocycles. The number of hydrogen-bond acceptors (Lipinski definition) is 2. The van der Waals surface area contributed by atoms with E-state index in [-0.39, 0.29) is 5.82 Å². The summed E-state index contributed by atoms with van der Waals surface area (Å²) in [4.78, 5) is 2.40. The van der Waals surface area contributed by atoms with E-state index in [0.717, 1.165) is 36.7 Å². The second-order valence-corrected chi connectivity index (χ2v) is 5.99. The van der Waals surface area contributed by atoms with Crippen LogP contribution in [0.4, 0.5) is 4.39 Å². The van der Waals surface area contributed by atoms with Gasteiger partial charge in [0.2, 0.25) is 0 Å². The van der Waals surface area contributed by atoms with Gasteiger partial charge in [-0.3, -0.25) is 4.90 Å². The predicted octanol–water partition coefficient (Wildman–Crippen LogP) is 3.69. The van der Waals surface area contributed by atoms with Crippen LogP contribution in [0.2, 0.25) is 0 Å². The Bertz CT molecular complexity index is 419. The van der Waals surface area contributed by atoms with Crippen molar-refractivity contribution in [1.29, 1.82) is 0 Å². The Labute approximate surface area is 122 Å². The molecule has 1 atom stereocenters. The van der Waals surface area contributed by atoms with Gasteiger partial charge in [-0.05, 0) is 49.9 Å². The summed E-state index contributed by atoms with van der Waals surface area (Å²) >= 11 is 0. The lowest BCUT2D eigenvalue weighted by molar-refractivity contribution is 0.267. The van der Waals surface area contributed by atoms with Crippen LogP contribution in [0.3, 0.4) is 0 Å². The molecule has 1 fully saturated rings. The van der Waals surface area contributed by atoms with E-state index in [1.807, 2.05) is 6.07 Å². The molecule has 1 unspecified atom stereocenters. The van der Waals surface area contributed by atoms with E-state index in [1.54, 1.807) is 12.1 Å². The van der Waals surface area contributed by atoms with E-state index in [0.29, 0.717) is 6.54 Å². The minimum Gasteiger partial charge on any atom is -0.326 e. The maximum Gasteiger partial charge on any atom is 0.127 e. The Kier molecular flexibility index (Phi) is 5.99. The van der Waals surface area contributed by atoms with Crippen LogP contribution in [0, 0.1) is 11.7 Å². The van der Waals surface area contributed by atoms with Gasteiger partial charge >= 0.3 is 0 Å². The molecular formula is C17H27FN2. The number of benzene rings is 1. The minimum atomic E-state index is -0.100. The van der Waals surface area contributed by atoms with Crippen molar-refractivity contribution in [2.45, 2.75) is 52.1 Å². The van der Waals surface area contributed by atoms with E-state index in [2.05, 4.69) is 11.8 Å². The van der Waals surface area contributed by atoms with Gasteiger partial charge in [-0.1, -0.05) is 31.9 Å². The van der Waals surface area contributed by atoms with E-state index in [9.17, 15) is 4.39 Å². The summed E-state index contributed by atoms with van der Waals surface area (Å²) in [6.45, 7) is 5.64. The third kappa shape index (κ3) is 4.29. The van der Waals surface area contributed by atoms with Gasteiger partial charge in [-0.2, -0.15) is 0 Å². The van der Waals surface area contributed by atoms with Gasteiger partial charge in [0.25, 0.3) is 0 Å². The zero-order valence-corrected chi connectivity index (χ0v) is 12.6. The molecule has 0 saturated carbocycles. The second-order valence-electron chi connectivity index (χ2n) is 5.99. The summed E-state index contributed by atoms with van der Waals surface area (Å²) in [5.41, 5.74) is 7.45. The van der Waals surface area contributed by atoms with E-state index >= 15 is 0 Å². The average molecular weight is 278 g/mol. The molecule has 0 aromatic heterocycles. The highest BCUT2D eigenvalue weighted by Gasteiger charge is 2.17. The second kappa shape index (κ2) is 7.75. The third-order valence-electron chi connectivity index (χ3n) is 4.38. The molecule has 1 aromatic carbocycles. The molecule has 0 aliphatic carbocycles. The first kappa shape index (κ1) is 15.5. The highest BCUT2D eigenvalue weighted by Crippen LogP contribution is 2.23. The molecule has 2 rings (SSSR count). The number of hydrogen-bond donors (Lipinski definition) is 1. The lowest BCUT2D eigenvalue weighted by Gasteiger charge is -2.21. The molecule has 0 bridgehead atoms. The number of rotatable bonds is 5. The van der Waals surface area contributed by atoms with E-state index < -0.39 is 0 Å². The first-order chi connectivity index (χ1) is 9.72. The fourth-order valence-corrected chi connectivity index (χ4v) is 3.20. The summed E-state index contributed by atoms with van der Waals surface area (Å²) in [6, 6.07) is 5.25. The monoisotopic (exact) mass is 278 g/mol. The van der Waals surface area contributed by atoms with Crippen LogP contribution in [-0.2, 0) is 13.1 Å². The van der Waals surface area contributed by atoms with Crippen LogP contribution >= 0.6 is 0 Å². The van der Waals surface area contributed by atoms with Crippen LogP contribution in [0.25, 0.3) is 0 Å². The van der Waals surface area contributed by atoms with Gasteiger partial charge in [-0.25, -0.2) is 4.39 Å². The standard InChI is InChI=1S/C17H27FN2/c1-2-4-14-5-3-9-20(10-8-14)13-16-11-15(12-19)6-7-17(16)18/h6-7,11,14H,2-5,8-10,12-13,19H2,1H3. The fourth-order valence-electron chi connectivity index (χ4n) is 3.20. The molecule has 3 heteroatoms. The van der Waals surface area contributed by atoms with Crippen molar-refractivity contribution in [3.05, 3.63) is 35.1 Å². The molecule has 1 aromatic rings. The van der Waals surface area contributed by atoms with Crippen molar-refractivity contribution in [3.63, 3.8) is 0 Å². The molecule has 1 aliphatic rings. The van der Waals surface area contributed by atoms with E-state index in [4.69, 9.17) is 5.73 Å². The molecule has 2 N–H and O–H groups in total. The van der Waals surface area contributed by atoms with Crippen LogP contribution in [-0.4, -0.2) is 18.0 Å². The summed E-state index contributed by atoms with van der Waals surface area (Å²) in [6.07, 6.45) is 6.44. The van der Waals surface area contributed by atoms with Crippen molar-refractivity contribution in [2.24, 2.45) is 11.7 Å². The summed E-state index contributed by atoms with van der Waals surface area (Å²) in [7, 11) is 0. The zero-order chi connectivity index (χ0) is 14.4. The zero-order valence-electron chi connectivity index (χ0n) is 12.6. The Balaban J connectivity index is 1.96. The van der Waals surface area contributed by atoms with Gasteiger partial charge in [-0.15, -0.1) is 0 Å². The quantitative estimate of drug-likeness (QED) is 0.890.